The van der Waals surface area contributed by atoms with Gasteiger partial charge in [0.25, 0.3) is 0 Å². The SMILES string of the molecule is CC(C)(C)C1=CC(=C(c2ccc(C(=C3C=C(C(C)(C)C)C(=O)C(C(C)(C)C)=C3)c3cc4ccccc4s3)s2)c2cc3ccccc3s2)C=C(C(C)(C)C)C1=O. The maximum Gasteiger partial charge on any atom is 0.186 e. The fraction of sp³-hybridized carbons (Fsp3) is 0.320. The van der Waals surface area contributed by atoms with Crippen molar-refractivity contribution < 1.29 is 9.59 Å². The average molecular weight is 781 g/mol. The van der Waals surface area contributed by atoms with Crippen LogP contribution in [0.4, 0.5) is 0 Å². The Morgan fingerprint density at radius 2 is 0.709 bits per heavy atom. The van der Waals surface area contributed by atoms with Crippen LogP contribution in [-0.4, -0.2) is 11.6 Å². The first-order valence-electron chi connectivity index (χ1n) is 19.2. The standard InChI is InChI=1S/C50H52O2S3/c1-47(2,3)33-23-31(24-34(45(33)51)48(4,5)6)43(41-27-29-17-13-15-19-37(29)53-41)39-21-22-40(55-39)44(42-28-30-18-14-16-20-38(30)54-42)32-25-35(49(7,8)9)46(52)36(26-32)50(10,11)12/h13-28H,1-12H3. The summed E-state index contributed by atoms with van der Waals surface area (Å²) in [6.45, 7) is 25.7. The van der Waals surface area contributed by atoms with Crippen LogP contribution in [0, 0.1) is 21.7 Å². The number of carbonyl (C=O) groups is 2. The molecular formula is C50H52O2S3. The third kappa shape index (κ3) is 7.56. The number of hydrogen-bond donors (Lipinski definition) is 0. The predicted octanol–water partition coefficient (Wildman–Crippen LogP) is 14.8. The maximum absolute atomic E-state index is 14.1. The van der Waals surface area contributed by atoms with Crippen LogP contribution in [0.25, 0.3) is 31.3 Å². The van der Waals surface area contributed by atoms with Gasteiger partial charge in [0.1, 0.15) is 0 Å². The number of ketones is 2. The highest BCUT2D eigenvalue weighted by molar-refractivity contribution is 7.22. The van der Waals surface area contributed by atoms with Gasteiger partial charge in [0.15, 0.2) is 11.6 Å². The molecule has 55 heavy (non-hydrogen) atoms. The van der Waals surface area contributed by atoms with Crippen LogP contribution in [0.5, 0.6) is 0 Å². The van der Waals surface area contributed by atoms with E-state index >= 15 is 0 Å². The number of carbonyl (C=O) groups excluding carboxylic acids is 2. The van der Waals surface area contributed by atoms with Crippen LogP contribution in [0.1, 0.15) is 103 Å². The Morgan fingerprint density at radius 1 is 0.400 bits per heavy atom. The lowest BCUT2D eigenvalue weighted by atomic mass is 9.71. The van der Waals surface area contributed by atoms with E-state index in [0.29, 0.717) is 0 Å². The van der Waals surface area contributed by atoms with Crippen molar-refractivity contribution in [2.45, 2.75) is 83.1 Å². The first-order chi connectivity index (χ1) is 25.6. The lowest BCUT2D eigenvalue weighted by molar-refractivity contribution is -0.114. The molecule has 0 bridgehead atoms. The number of thiophene rings is 3. The molecule has 7 rings (SSSR count). The molecule has 0 atom stereocenters. The molecule has 0 fully saturated rings. The van der Waals surface area contributed by atoms with Crippen LogP contribution >= 0.6 is 34.0 Å². The molecule has 0 aliphatic heterocycles. The van der Waals surface area contributed by atoms with Gasteiger partial charge in [-0.05, 0) is 104 Å². The van der Waals surface area contributed by atoms with Gasteiger partial charge in [-0.3, -0.25) is 9.59 Å². The largest absolute Gasteiger partial charge is 0.289 e. The summed E-state index contributed by atoms with van der Waals surface area (Å²) in [4.78, 5) is 32.9. The zero-order chi connectivity index (χ0) is 39.8. The average Bonchev–Trinajstić information content (AvgIpc) is 3.83. The van der Waals surface area contributed by atoms with Gasteiger partial charge in [-0.1, -0.05) is 119 Å². The fourth-order valence-corrected chi connectivity index (χ4v) is 11.0. The Balaban J connectivity index is 1.55. The minimum atomic E-state index is -0.329. The van der Waals surface area contributed by atoms with Crippen molar-refractivity contribution >= 4 is 76.9 Å². The lowest BCUT2D eigenvalue weighted by Crippen LogP contribution is -2.28. The number of fused-ring (bicyclic) bond motifs is 2. The molecule has 0 unspecified atom stereocenters. The zero-order valence-electron chi connectivity index (χ0n) is 34.3. The van der Waals surface area contributed by atoms with E-state index in [4.69, 9.17) is 0 Å². The molecular weight excluding hydrogens is 729 g/mol. The molecule has 5 aromatic rings. The normalized spacial score (nSPS) is 16.1. The van der Waals surface area contributed by atoms with Crippen LogP contribution in [0.15, 0.2) is 131 Å². The molecule has 0 amide bonds. The molecule has 0 saturated carbocycles. The molecule has 2 aliphatic carbocycles. The highest BCUT2D eigenvalue weighted by Crippen LogP contribution is 2.48. The molecule has 3 aromatic heterocycles. The Hall–Kier alpha value is -4.16. The van der Waals surface area contributed by atoms with E-state index in [2.05, 4.69) is 180 Å². The van der Waals surface area contributed by atoms with Crippen molar-refractivity contribution in [1.82, 2.24) is 0 Å². The van der Waals surface area contributed by atoms with Gasteiger partial charge in [-0.2, -0.15) is 0 Å². The third-order valence-corrected chi connectivity index (χ3v) is 13.8. The van der Waals surface area contributed by atoms with Crippen molar-refractivity contribution in [2.75, 3.05) is 0 Å². The van der Waals surface area contributed by atoms with Gasteiger partial charge in [0.2, 0.25) is 0 Å². The first kappa shape index (κ1) is 39.1. The van der Waals surface area contributed by atoms with Crippen LogP contribution in [0.3, 0.4) is 0 Å². The summed E-state index contributed by atoms with van der Waals surface area (Å²) in [5.74, 6) is 0.274. The second-order valence-electron chi connectivity index (χ2n) is 19.0. The lowest BCUT2D eigenvalue weighted by Gasteiger charge is -2.32. The van der Waals surface area contributed by atoms with Crippen molar-refractivity contribution in [1.29, 1.82) is 0 Å². The highest BCUT2D eigenvalue weighted by Gasteiger charge is 2.37. The predicted molar refractivity (Wildman–Crippen MR) is 240 cm³/mol. The Labute approximate surface area is 339 Å². The quantitative estimate of drug-likeness (QED) is 0.182. The van der Waals surface area contributed by atoms with Crippen molar-refractivity contribution in [3.05, 3.63) is 150 Å². The fourth-order valence-electron chi connectivity index (χ4n) is 7.40. The summed E-state index contributed by atoms with van der Waals surface area (Å²) in [6.07, 6.45) is 8.63. The van der Waals surface area contributed by atoms with E-state index in [1.165, 1.54) is 29.9 Å². The Morgan fingerprint density at radius 3 is 1.00 bits per heavy atom. The second kappa shape index (κ2) is 13.8. The molecule has 5 heteroatoms. The number of hydrogen-bond acceptors (Lipinski definition) is 5. The van der Waals surface area contributed by atoms with E-state index in [1.54, 1.807) is 34.0 Å². The van der Waals surface area contributed by atoms with Crippen molar-refractivity contribution in [3.8, 4) is 0 Å². The first-order valence-corrected chi connectivity index (χ1v) is 21.6. The molecule has 0 spiro atoms. The summed E-state index contributed by atoms with van der Waals surface area (Å²) in [7, 11) is 0. The van der Waals surface area contributed by atoms with Gasteiger partial charge in [-0.25, -0.2) is 0 Å². The van der Waals surface area contributed by atoms with E-state index in [1.807, 2.05) is 0 Å². The van der Waals surface area contributed by atoms with Crippen LogP contribution in [-0.2, 0) is 9.59 Å². The molecule has 2 aliphatic rings. The minimum Gasteiger partial charge on any atom is -0.289 e. The molecule has 0 N–H and O–H groups in total. The van der Waals surface area contributed by atoms with Gasteiger partial charge in [0, 0.05) is 62.3 Å². The van der Waals surface area contributed by atoms with Crippen LogP contribution < -0.4 is 0 Å². The van der Waals surface area contributed by atoms with E-state index in [9.17, 15) is 9.59 Å². The van der Waals surface area contributed by atoms with Gasteiger partial charge in [0.05, 0.1) is 0 Å². The second-order valence-corrected chi connectivity index (χ2v) is 22.3. The molecule has 2 aromatic carbocycles. The summed E-state index contributed by atoms with van der Waals surface area (Å²) < 4.78 is 2.47. The number of allylic oxidation sites excluding steroid dienone is 10. The van der Waals surface area contributed by atoms with E-state index < -0.39 is 0 Å². The Kier molecular flexibility index (Phi) is 9.80. The molecule has 0 radical (unpaired) electrons. The van der Waals surface area contributed by atoms with E-state index in [-0.39, 0.29) is 33.2 Å². The van der Waals surface area contributed by atoms with Gasteiger partial charge < -0.3 is 0 Å². The highest BCUT2D eigenvalue weighted by atomic mass is 32.1. The van der Waals surface area contributed by atoms with E-state index in [0.717, 1.165) is 54.3 Å². The molecule has 282 valence electrons. The summed E-state index contributed by atoms with van der Waals surface area (Å²) in [5.41, 5.74) is 6.46. The summed E-state index contributed by atoms with van der Waals surface area (Å²) >= 11 is 5.40. The summed E-state index contributed by atoms with van der Waals surface area (Å²) in [5, 5.41) is 2.42. The Bertz CT molecular complexity index is 2270. The molecule has 2 nitrogen and oxygen atoms in total. The summed E-state index contributed by atoms with van der Waals surface area (Å²) in [6, 6.07) is 26.3. The molecule has 3 heterocycles. The third-order valence-electron chi connectivity index (χ3n) is 10.4. The molecule has 0 saturated heterocycles. The van der Waals surface area contributed by atoms with Gasteiger partial charge in [-0.15, -0.1) is 34.0 Å². The zero-order valence-corrected chi connectivity index (χ0v) is 36.7. The smallest absolute Gasteiger partial charge is 0.186 e. The number of rotatable bonds is 4. The number of benzene rings is 2. The van der Waals surface area contributed by atoms with Crippen molar-refractivity contribution in [2.24, 2.45) is 21.7 Å². The van der Waals surface area contributed by atoms with Crippen molar-refractivity contribution in [3.63, 3.8) is 0 Å². The number of Topliss-reactive ketones (excluding diaryl/α,β-unsaturated/α-hetero) is 2. The monoisotopic (exact) mass is 780 g/mol. The minimum absolute atomic E-state index is 0.137. The van der Waals surface area contributed by atoms with Gasteiger partial charge >= 0.3 is 0 Å². The topological polar surface area (TPSA) is 34.1 Å². The maximum atomic E-state index is 14.1. The van der Waals surface area contributed by atoms with Crippen LogP contribution in [0.2, 0.25) is 0 Å².